The van der Waals surface area contributed by atoms with Crippen LogP contribution in [0.5, 0.6) is 11.5 Å². The van der Waals surface area contributed by atoms with Crippen molar-refractivity contribution >= 4 is 34.5 Å². The molecule has 2 rings (SSSR count). The van der Waals surface area contributed by atoms with Crippen LogP contribution in [0, 0.1) is 0 Å². The monoisotopic (exact) mass is 392 g/mol. The second kappa shape index (κ2) is 9.99. The summed E-state index contributed by atoms with van der Waals surface area (Å²) < 4.78 is 10.6. The highest BCUT2D eigenvalue weighted by molar-refractivity contribution is 7.82. The first-order valence-corrected chi connectivity index (χ1v) is 8.74. The van der Waals surface area contributed by atoms with Crippen LogP contribution in [0.15, 0.2) is 47.6 Å². The van der Waals surface area contributed by atoms with Gasteiger partial charge in [-0.2, -0.15) is 0 Å². The number of hydrogen-bond acceptors (Lipinski definition) is 5. The highest BCUT2D eigenvalue weighted by Gasteiger charge is 2.11. The van der Waals surface area contributed by atoms with Crippen molar-refractivity contribution in [1.82, 2.24) is 5.32 Å². The average molecular weight is 393 g/mol. The van der Waals surface area contributed by atoms with Gasteiger partial charge in [0.25, 0.3) is 0 Å². The maximum Gasteiger partial charge on any atom is 0.160 e. The lowest BCUT2D eigenvalue weighted by molar-refractivity contribution is 0.214. The first kappa shape index (κ1) is 20.0. The molecule has 0 unspecified atom stereocenters. The van der Waals surface area contributed by atoms with Gasteiger partial charge in [-0.15, -0.1) is 0 Å². The number of ether oxygens (including phenoxy) is 2. The first-order chi connectivity index (χ1) is 12.6. The molecule has 2 aromatic carbocycles. The van der Waals surface area contributed by atoms with Crippen LogP contribution in [0.4, 0.5) is 0 Å². The number of benzene rings is 2. The fraction of sp³-hybridized carbons (Fsp3) is 0.263. The van der Waals surface area contributed by atoms with E-state index in [1.54, 1.807) is 26.4 Å². The van der Waals surface area contributed by atoms with Crippen LogP contribution >= 0.6 is 23.8 Å². The summed E-state index contributed by atoms with van der Waals surface area (Å²) in [6.07, 6.45) is 0.765. The second-order valence-electron chi connectivity index (χ2n) is 5.32. The van der Waals surface area contributed by atoms with Crippen LogP contribution < -0.4 is 14.8 Å². The number of rotatable bonds is 8. The minimum absolute atomic E-state index is 0.509. The molecule has 0 amide bonds. The van der Waals surface area contributed by atoms with Crippen molar-refractivity contribution in [3.05, 3.63) is 58.6 Å². The van der Waals surface area contributed by atoms with E-state index in [0.29, 0.717) is 33.8 Å². The normalized spacial score (nSPS) is 11.0. The first-order valence-electron chi connectivity index (χ1n) is 7.95. The van der Waals surface area contributed by atoms with E-state index in [0.717, 1.165) is 17.5 Å². The summed E-state index contributed by atoms with van der Waals surface area (Å²) in [4.78, 5) is 5.44. The molecule has 0 aliphatic heterocycles. The number of methoxy groups -OCH3 is 2. The number of halogens is 1. The molecular formula is C19H21ClN2O3S. The second-order valence-corrected chi connectivity index (χ2v) is 6.17. The van der Waals surface area contributed by atoms with Crippen molar-refractivity contribution in [3.8, 4) is 11.5 Å². The molecule has 1 N–H and O–H groups in total. The lowest BCUT2D eigenvalue weighted by atomic mass is 10.1. The van der Waals surface area contributed by atoms with Crippen molar-refractivity contribution in [2.24, 2.45) is 5.16 Å². The minimum atomic E-state index is 0.509. The molecule has 2 aromatic rings. The standard InChI is InChI=1S/C19H21ClN2O3S/c1-23-16-9-4-13(12-17(16)24-2)10-11-21-19(26)18(22-25-3)14-5-7-15(20)8-6-14/h4-9,12H,10-11H2,1-3H3,(H,21,26)/b22-18+. The number of hydrogen-bond donors (Lipinski definition) is 1. The third-order valence-electron chi connectivity index (χ3n) is 3.66. The van der Waals surface area contributed by atoms with Gasteiger partial charge in [0.1, 0.15) is 17.8 Å². The molecule has 0 saturated carbocycles. The maximum atomic E-state index is 5.93. The Bertz CT molecular complexity index is 779. The van der Waals surface area contributed by atoms with Gasteiger partial charge in [-0.3, -0.25) is 0 Å². The van der Waals surface area contributed by atoms with Gasteiger partial charge in [-0.05, 0) is 36.2 Å². The van der Waals surface area contributed by atoms with Crippen molar-refractivity contribution in [2.75, 3.05) is 27.9 Å². The fourth-order valence-corrected chi connectivity index (χ4v) is 2.75. The molecule has 0 aromatic heterocycles. The Kier molecular flexibility index (Phi) is 7.69. The van der Waals surface area contributed by atoms with Gasteiger partial charge in [0.15, 0.2) is 11.5 Å². The third kappa shape index (κ3) is 5.34. The van der Waals surface area contributed by atoms with Crippen LogP contribution in [-0.4, -0.2) is 38.6 Å². The maximum absolute atomic E-state index is 5.93. The predicted molar refractivity (Wildman–Crippen MR) is 109 cm³/mol. The van der Waals surface area contributed by atoms with E-state index in [-0.39, 0.29) is 0 Å². The molecule has 0 aliphatic carbocycles. The Balaban J connectivity index is 2.00. The Morgan fingerprint density at radius 2 is 1.73 bits per heavy atom. The van der Waals surface area contributed by atoms with E-state index in [2.05, 4.69) is 10.5 Å². The Hall–Kier alpha value is -2.31. The van der Waals surface area contributed by atoms with Gasteiger partial charge in [-0.25, -0.2) is 0 Å². The number of nitrogens with zero attached hydrogens (tertiary/aromatic N) is 1. The van der Waals surface area contributed by atoms with Gasteiger partial charge in [0.05, 0.1) is 14.2 Å². The van der Waals surface area contributed by atoms with Crippen molar-refractivity contribution in [1.29, 1.82) is 0 Å². The van der Waals surface area contributed by atoms with Gasteiger partial charge in [-0.1, -0.05) is 47.2 Å². The molecule has 0 spiro atoms. The molecule has 0 fully saturated rings. The zero-order chi connectivity index (χ0) is 18.9. The molecule has 0 atom stereocenters. The van der Waals surface area contributed by atoms with Crippen molar-refractivity contribution in [3.63, 3.8) is 0 Å². The summed E-state index contributed by atoms with van der Waals surface area (Å²) in [6, 6.07) is 13.1. The van der Waals surface area contributed by atoms with Gasteiger partial charge < -0.3 is 19.6 Å². The molecule has 0 heterocycles. The summed E-state index contributed by atoms with van der Waals surface area (Å²) in [6.45, 7) is 0.643. The van der Waals surface area contributed by atoms with Crippen molar-refractivity contribution in [2.45, 2.75) is 6.42 Å². The molecule has 0 aliphatic rings. The molecule has 5 nitrogen and oxygen atoms in total. The summed E-state index contributed by atoms with van der Waals surface area (Å²) in [7, 11) is 4.72. The lowest BCUT2D eigenvalue weighted by Crippen LogP contribution is -2.31. The number of thiocarbonyl (C=S) groups is 1. The topological polar surface area (TPSA) is 52.1 Å². The lowest BCUT2D eigenvalue weighted by Gasteiger charge is -2.12. The average Bonchev–Trinajstić information content (AvgIpc) is 2.66. The third-order valence-corrected chi connectivity index (χ3v) is 4.25. The fourth-order valence-electron chi connectivity index (χ4n) is 2.36. The molecule has 0 bridgehead atoms. The van der Waals surface area contributed by atoms with Gasteiger partial charge in [0.2, 0.25) is 0 Å². The highest BCUT2D eigenvalue weighted by atomic mass is 35.5. The highest BCUT2D eigenvalue weighted by Crippen LogP contribution is 2.27. The van der Waals surface area contributed by atoms with Crippen LogP contribution in [0.25, 0.3) is 0 Å². The number of nitrogens with one attached hydrogen (secondary N) is 1. The van der Waals surface area contributed by atoms with E-state index in [1.807, 2.05) is 30.3 Å². The zero-order valence-electron chi connectivity index (χ0n) is 14.9. The molecule has 26 heavy (non-hydrogen) atoms. The van der Waals surface area contributed by atoms with Crippen LogP contribution in [0.1, 0.15) is 11.1 Å². The van der Waals surface area contributed by atoms with E-state index in [1.165, 1.54) is 7.11 Å². The zero-order valence-corrected chi connectivity index (χ0v) is 16.5. The van der Waals surface area contributed by atoms with Gasteiger partial charge >= 0.3 is 0 Å². The minimum Gasteiger partial charge on any atom is -0.493 e. The van der Waals surface area contributed by atoms with Crippen LogP contribution in [0.2, 0.25) is 5.02 Å². The van der Waals surface area contributed by atoms with Gasteiger partial charge in [0, 0.05) is 17.1 Å². The van der Waals surface area contributed by atoms with E-state index >= 15 is 0 Å². The predicted octanol–water partition coefficient (Wildman–Crippen LogP) is 3.87. The van der Waals surface area contributed by atoms with Crippen LogP contribution in [-0.2, 0) is 11.3 Å². The van der Waals surface area contributed by atoms with E-state index in [9.17, 15) is 0 Å². The summed E-state index contributed by atoms with van der Waals surface area (Å²) in [5, 5.41) is 7.89. The molecular weight excluding hydrogens is 372 g/mol. The SMILES string of the molecule is CO/N=C(/C(=S)NCCc1ccc(OC)c(OC)c1)c1ccc(Cl)cc1. The Labute approximate surface area is 163 Å². The van der Waals surface area contributed by atoms with Crippen LogP contribution in [0.3, 0.4) is 0 Å². The summed E-state index contributed by atoms with van der Waals surface area (Å²) >= 11 is 11.4. The van der Waals surface area contributed by atoms with Crippen molar-refractivity contribution < 1.29 is 14.3 Å². The summed E-state index contributed by atoms with van der Waals surface area (Å²) in [5.41, 5.74) is 2.50. The Morgan fingerprint density at radius 3 is 2.35 bits per heavy atom. The Morgan fingerprint density at radius 1 is 1.04 bits per heavy atom. The van der Waals surface area contributed by atoms with E-state index < -0.39 is 0 Å². The van der Waals surface area contributed by atoms with E-state index in [4.69, 9.17) is 38.1 Å². The quantitative estimate of drug-likeness (QED) is 0.420. The molecule has 0 saturated heterocycles. The smallest absolute Gasteiger partial charge is 0.160 e. The largest absolute Gasteiger partial charge is 0.493 e. The molecule has 0 radical (unpaired) electrons. The molecule has 138 valence electrons. The number of oxime groups is 1. The molecule has 7 heteroatoms. The summed E-state index contributed by atoms with van der Waals surface area (Å²) in [5.74, 6) is 1.41.